The summed E-state index contributed by atoms with van der Waals surface area (Å²) in [5.74, 6) is 0. The van der Waals surface area contributed by atoms with E-state index in [1.807, 2.05) is 49.3 Å². The SMILES string of the molecule is C1=CC(C2=CC=CC(c3ccccc3)(C3(c4cccnc4)C=CC=NC3)C2)(c2cccnc2)CN=C1. The average Bonchev–Trinajstić information content (AvgIpc) is 2.99. The minimum absolute atomic E-state index is 0.356. The first-order valence-electron chi connectivity index (χ1n) is 12.4. The molecule has 2 aromatic heterocycles. The summed E-state index contributed by atoms with van der Waals surface area (Å²) in [5.41, 5.74) is 3.79. The molecule has 3 aromatic rings. The van der Waals surface area contributed by atoms with Crippen molar-refractivity contribution in [2.45, 2.75) is 22.7 Å². The molecule has 4 heterocycles. The summed E-state index contributed by atoms with van der Waals surface area (Å²) in [6.07, 6.45) is 28.0. The maximum absolute atomic E-state index is 4.83. The molecular formula is C32H28N4. The lowest BCUT2D eigenvalue weighted by atomic mass is 9.51. The first-order chi connectivity index (χ1) is 17.8. The van der Waals surface area contributed by atoms with Crippen molar-refractivity contribution in [2.24, 2.45) is 9.98 Å². The standard InChI is InChI=1S/C32H28N4/c1-2-9-26(10-3-1)31(32(16-8-20-36-25-32)29-13-6-18-34-23-29)15-4-11-27(21-31)30(14-7-19-35-24-30)28-12-5-17-33-22-28/h1-20,22-23H,21,24-25H2. The zero-order chi connectivity index (χ0) is 24.3. The number of hydrogen-bond acceptors (Lipinski definition) is 4. The smallest absolute Gasteiger partial charge is 0.0559 e. The van der Waals surface area contributed by atoms with Gasteiger partial charge in [-0.15, -0.1) is 0 Å². The third kappa shape index (κ3) is 3.44. The molecule has 0 radical (unpaired) electrons. The molecule has 1 aliphatic carbocycles. The number of aromatic nitrogens is 2. The fraction of sp³-hybridized carbons (Fsp3) is 0.188. The molecular weight excluding hydrogens is 440 g/mol. The van der Waals surface area contributed by atoms with Crippen LogP contribution in [0.5, 0.6) is 0 Å². The van der Waals surface area contributed by atoms with Crippen LogP contribution in [0.25, 0.3) is 0 Å². The van der Waals surface area contributed by atoms with E-state index in [0.717, 1.165) is 12.0 Å². The van der Waals surface area contributed by atoms with Crippen molar-refractivity contribution in [3.05, 3.63) is 144 Å². The summed E-state index contributed by atoms with van der Waals surface area (Å²) in [6, 6.07) is 19.3. The number of allylic oxidation sites excluding steroid dienone is 5. The molecule has 0 N–H and O–H groups in total. The molecule has 176 valence electrons. The summed E-state index contributed by atoms with van der Waals surface area (Å²) >= 11 is 0. The predicted molar refractivity (Wildman–Crippen MR) is 147 cm³/mol. The lowest BCUT2D eigenvalue weighted by Gasteiger charge is -2.52. The maximum Gasteiger partial charge on any atom is 0.0559 e. The van der Waals surface area contributed by atoms with E-state index >= 15 is 0 Å². The van der Waals surface area contributed by atoms with Gasteiger partial charge in [-0.25, -0.2) is 0 Å². The van der Waals surface area contributed by atoms with Gasteiger partial charge in [0.2, 0.25) is 0 Å². The van der Waals surface area contributed by atoms with Gasteiger partial charge in [0.1, 0.15) is 0 Å². The monoisotopic (exact) mass is 468 g/mol. The third-order valence-electron chi connectivity index (χ3n) is 7.98. The van der Waals surface area contributed by atoms with E-state index < -0.39 is 5.41 Å². The van der Waals surface area contributed by atoms with E-state index in [1.54, 1.807) is 0 Å². The molecule has 0 saturated carbocycles. The van der Waals surface area contributed by atoms with Crippen LogP contribution < -0.4 is 0 Å². The molecule has 36 heavy (non-hydrogen) atoms. The molecule has 4 nitrogen and oxygen atoms in total. The number of rotatable bonds is 5. The van der Waals surface area contributed by atoms with E-state index in [1.165, 1.54) is 16.7 Å². The minimum Gasteiger partial charge on any atom is -0.292 e. The van der Waals surface area contributed by atoms with Gasteiger partial charge in [0.15, 0.2) is 0 Å². The highest BCUT2D eigenvalue weighted by atomic mass is 14.8. The summed E-state index contributed by atoms with van der Waals surface area (Å²) in [6.45, 7) is 1.31. The number of aliphatic imine (C=N–C) groups is 2. The third-order valence-corrected chi connectivity index (χ3v) is 7.98. The van der Waals surface area contributed by atoms with Crippen molar-refractivity contribution in [1.29, 1.82) is 0 Å². The van der Waals surface area contributed by atoms with Gasteiger partial charge < -0.3 is 0 Å². The number of dihydropyridines is 2. The highest BCUT2D eigenvalue weighted by Crippen LogP contribution is 2.55. The Bertz CT molecular complexity index is 1400. The molecule has 3 aliphatic rings. The lowest BCUT2D eigenvalue weighted by molar-refractivity contribution is 0.317. The van der Waals surface area contributed by atoms with Crippen LogP contribution in [0.4, 0.5) is 0 Å². The van der Waals surface area contributed by atoms with Crippen molar-refractivity contribution >= 4 is 12.4 Å². The molecule has 0 bridgehead atoms. The van der Waals surface area contributed by atoms with Crippen LogP contribution in [-0.2, 0) is 16.2 Å². The molecule has 1 aromatic carbocycles. The van der Waals surface area contributed by atoms with Crippen molar-refractivity contribution in [1.82, 2.24) is 9.97 Å². The minimum atomic E-state index is -0.398. The molecule has 6 rings (SSSR count). The van der Waals surface area contributed by atoms with Crippen LogP contribution in [0.2, 0.25) is 0 Å². The van der Waals surface area contributed by atoms with E-state index in [2.05, 4.69) is 95.0 Å². The number of benzene rings is 1. The van der Waals surface area contributed by atoms with Gasteiger partial charge in [0, 0.05) is 48.0 Å². The second-order valence-electron chi connectivity index (χ2n) is 9.69. The Morgan fingerprint density at radius 3 is 1.89 bits per heavy atom. The van der Waals surface area contributed by atoms with Crippen molar-refractivity contribution in [3.63, 3.8) is 0 Å². The fourth-order valence-electron chi connectivity index (χ4n) is 6.16. The topological polar surface area (TPSA) is 50.5 Å². The van der Waals surface area contributed by atoms with Crippen LogP contribution in [0.3, 0.4) is 0 Å². The van der Waals surface area contributed by atoms with E-state index in [0.29, 0.717) is 13.1 Å². The Kier molecular flexibility index (Phi) is 5.65. The van der Waals surface area contributed by atoms with E-state index in [-0.39, 0.29) is 10.8 Å². The summed E-state index contributed by atoms with van der Waals surface area (Å²) in [5, 5.41) is 0. The highest BCUT2D eigenvalue weighted by Gasteiger charge is 2.53. The number of hydrogen-bond donors (Lipinski definition) is 0. The Morgan fingerprint density at radius 1 is 0.583 bits per heavy atom. The molecule has 3 unspecified atom stereocenters. The quantitative estimate of drug-likeness (QED) is 0.478. The van der Waals surface area contributed by atoms with E-state index in [9.17, 15) is 0 Å². The van der Waals surface area contributed by atoms with Gasteiger partial charge >= 0.3 is 0 Å². The molecule has 0 amide bonds. The lowest BCUT2D eigenvalue weighted by Crippen LogP contribution is -2.52. The molecule has 4 heteroatoms. The Hall–Kier alpha value is -4.18. The first-order valence-corrected chi connectivity index (χ1v) is 12.4. The van der Waals surface area contributed by atoms with Gasteiger partial charge in [-0.1, -0.05) is 78.4 Å². The highest BCUT2D eigenvalue weighted by molar-refractivity contribution is 5.75. The normalized spacial score (nSPS) is 28.7. The molecule has 0 spiro atoms. The summed E-state index contributed by atoms with van der Waals surface area (Å²) < 4.78 is 0. The van der Waals surface area contributed by atoms with Crippen molar-refractivity contribution in [3.8, 4) is 0 Å². The zero-order valence-corrected chi connectivity index (χ0v) is 20.1. The molecule has 0 fully saturated rings. The molecule has 3 atom stereocenters. The van der Waals surface area contributed by atoms with Gasteiger partial charge in [-0.3, -0.25) is 20.0 Å². The van der Waals surface area contributed by atoms with Crippen molar-refractivity contribution < 1.29 is 0 Å². The number of pyridine rings is 2. The average molecular weight is 469 g/mol. The van der Waals surface area contributed by atoms with Crippen LogP contribution in [0, 0.1) is 0 Å². The first kappa shape index (κ1) is 22.3. The Labute approximate surface area is 212 Å². The van der Waals surface area contributed by atoms with Gasteiger partial charge in [-0.05, 0) is 47.4 Å². The molecule has 2 aliphatic heterocycles. The Morgan fingerprint density at radius 2 is 1.25 bits per heavy atom. The van der Waals surface area contributed by atoms with Crippen LogP contribution in [-0.4, -0.2) is 35.5 Å². The Balaban J connectivity index is 1.57. The second-order valence-corrected chi connectivity index (χ2v) is 9.69. The number of nitrogens with zero attached hydrogens (tertiary/aromatic N) is 4. The van der Waals surface area contributed by atoms with Crippen LogP contribution >= 0.6 is 0 Å². The van der Waals surface area contributed by atoms with Gasteiger partial charge in [0.25, 0.3) is 0 Å². The van der Waals surface area contributed by atoms with Gasteiger partial charge in [0.05, 0.1) is 18.5 Å². The van der Waals surface area contributed by atoms with Gasteiger partial charge in [-0.2, -0.15) is 0 Å². The summed E-state index contributed by atoms with van der Waals surface area (Å²) in [4.78, 5) is 18.6. The largest absolute Gasteiger partial charge is 0.292 e. The molecule has 0 saturated heterocycles. The maximum atomic E-state index is 4.83. The fourth-order valence-corrected chi connectivity index (χ4v) is 6.16. The van der Waals surface area contributed by atoms with Crippen LogP contribution in [0.1, 0.15) is 23.1 Å². The second kappa shape index (κ2) is 9.12. The van der Waals surface area contributed by atoms with E-state index in [4.69, 9.17) is 9.98 Å². The predicted octanol–water partition coefficient (Wildman–Crippen LogP) is 5.76. The van der Waals surface area contributed by atoms with Crippen LogP contribution in [0.15, 0.2) is 137 Å². The zero-order valence-electron chi connectivity index (χ0n) is 20.1. The summed E-state index contributed by atoms with van der Waals surface area (Å²) in [7, 11) is 0. The van der Waals surface area contributed by atoms with Crippen molar-refractivity contribution in [2.75, 3.05) is 13.1 Å².